The molecule has 2 aromatic rings. The zero-order valence-corrected chi connectivity index (χ0v) is 18.0. The molecular weight excluding hydrogens is 438 g/mol. The Kier molecular flexibility index (Phi) is 6.27. The minimum atomic E-state index is -1.17. The third-order valence-corrected chi connectivity index (χ3v) is 6.37. The van der Waals surface area contributed by atoms with Crippen molar-refractivity contribution in [1.82, 2.24) is 5.32 Å². The summed E-state index contributed by atoms with van der Waals surface area (Å²) in [5.74, 6) is -1.56. The van der Waals surface area contributed by atoms with Crippen molar-refractivity contribution < 1.29 is 27.8 Å². The number of hydrogen-bond donors (Lipinski definition) is 1. The number of nitrogens with zero attached hydrogens (tertiary/aromatic N) is 1. The Morgan fingerprint density at radius 2 is 2.03 bits per heavy atom. The summed E-state index contributed by atoms with van der Waals surface area (Å²) < 4.78 is 39.1. The highest BCUT2D eigenvalue weighted by Crippen LogP contribution is 2.47. The van der Waals surface area contributed by atoms with Crippen LogP contribution in [0.1, 0.15) is 29.3 Å². The monoisotopic (exact) mass is 458 g/mol. The number of rotatable bonds is 3. The molecule has 2 aliphatic heterocycles. The molecule has 1 saturated heterocycles. The number of nitrogens with one attached hydrogen (secondary N) is 1. The van der Waals surface area contributed by atoms with Gasteiger partial charge in [-0.15, -0.1) is 0 Å². The van der Waals surface area contributed by atoms with Gasteiger partial charge in [-0.05, 0) is 18.2 Å². The standard InChI is InChI=1S/C23H20F2N2O4S/c1-14(28)30-11-18-9-16-12-32-22(26-21(29)15-5-3-2-4-6-15)27-23(16,13-31-18)19-8-7-17(24)10-20(19)25/h2-8,10-11,16H,9,12-13H2,1H3,(H,26,27,29)/b18-11+/t16-,23-/m0/s1. The number of ether oxygens (including phenoxy) is 2. The van der Waals surface area contributed by atoms with Crippen LogP contribution in [-0.4, -0.2) is 29.4 Å². The number of amidine groups is 1. The summed E-state index contributed by atoms with van der Waals surface area (Å²) in [4.78, 5) is 28.4. The van der Waals surface area contributed by atoms with Crippen LogP contribution in [0.5, 0.6) is 0 Å². The second-order valence-corrected chi connectivity index (χ2v) is 8.49. The number of allylic oxidation sites excluding steroid dienone is 1. The second-order valence-electron chi connectivity index (χ2n) is 7.48. The lowest BCUT2D eigenvalue weighted by Gasteiger charge is -2.44. The lowest BCUT2D eigenvalue weighted by Crippen LogP contribution is -2.48. The average Bonchev–Trinajstić information content (AvgIpc) is 2.78. The van der Waals surface area contributed by atoms with Crippen molar-refractivity contribution in [3.05, 3.63) is 83.3 Å². The fraction of sp³-hybridized carbons (Fsp3) is 0.261. The SMILES string of the molecule is CC(=O)O/C=C1\C[C@H]2CSC(NC(=O)c3ccccc3)=N[C@@]2(c2ccc(F)cc2F)CO1. The molecule has 0 spiro atoms. The van der Waals surface area contributed by atoms with Crippen LogP contribution in [0.4, 0.5) is 8.78 Å². The molecule has 2 heterocycles. The summed E-state index contributed by atoms with van der Waals surface area (Å²) in [5.41, 5.74) is -0.524. The molecule has 1 amide bonds. The quantitative estimate of drug-likeness (QED) is 0.553. The lowest BCUT2D eigenvalue weighted by atomic mass is 9.76. The summed E-state index contributed by atoms with van der Waals surface area (Å²) in [6.45, 7) is 1.22. The highest BCUT2D eigenvalue weighted by molar-refractivity contribution is 8.13. The summed E-state index contributed by atoms with van der Waals surface area (Å²) in [7, 11) is 0. The largest absolute Gasteiger partial charge is 0.492 e. The van der Waals surface area contributed by atoms with E-state index in [4.69, 9.17) is 14.5 Å². The van der Waals surface area contributed by atoms with Gasteiger partial charge in [-0.2, -0.15) is 0 Å². The van der Waals surface area contributed by atoms with Crippen molar-refractivity contribution in [2.24, 2.45) is 10.9 Å². The van der Waals surface area contributed by atoms with E-state index in [1.807, 2.05) is 0 Å². The van der Waals surface area contributed by atoms with Gasteiger partial charge in [-0.25, -0.2) is 13.8 Å². The molecule has 1 N–H and O–H groups in total. The molecule has 0 unspecified atom stereocenters. The number of halogens is 2. The van der Waals surface area contributed by atoms with Gasteiger partial charge >= 0.3 is 5.97 Å². The third kappa shape index (κ3) is 4.52. The molecule has 0 aromatic heterocycles. The summed E-state index contributed by atoms with van der Waals surface area (Å²) >= 11 is 1.33. The molecule has 0 saturated carbocycles. The Hall–Kier alpha value is -3.20. The van der Waals surface area contributed by atoms with Crippen molar-refractivity contribution in [2.75, 3.05) is 12.4 Å². The fourth-order valence-corrected chi connectivity index (χ4v) is 4.90. The first-order chi connectivity index (χ1) is 15.4. The Labute approximate surface area is 187 Å². The molecule has 9 heteroatoms. The van der Waals surface area contributed by atoms with Gasteiger partial charge in [0.05, 0.1) is 0 Å². The number of amides is 1. The van der Waals surface area contributed by atoms with Gasteiger partial charge in [0.1, 0.15) is 35.8 Å². The van der Waals surface area contributed by atoms with Gasteiger partial charge in [-0.3, -0.25) is 9.59 Å². The second kappa shape index (κ2) is 9.12. The highest BCUT2D eigenvalue weighted by Gasteiger charge is 2.49. The van der Waals surface area contributed by atoms with Crippen LogP contribution in [0.15, 0.2) is 65.5 Å². The molecule has 0 aliphatic carbocycles. The van der Waals surface area contributed by atoms with Crippen LogP contribution in [0.3, 0.4) is 0 Å². The molecule has 0 bridgehead atoms. The van der Waals surface area contributed by atoms with E-state index >= 15 is 0 Å². The predicted molar refractivity (Wildman–Crippen MR) is 116 cm³/mol. The van der Waals surface area contributed by atoms with Crippen molar-refractivity contribution in [2.45, 2.75) is 18.9 Å². The van der Waals surface area contributed by atoms with Crippen LogP contribution in [-0.2, 0) is 19.8 Å². The predicted octanol–water partition coefficient (Wildman–Crippen LogP) is 4.13. The van der Waals surface area contributed by atoms with Gasteiger partial charge in [0.15, 0.2) is 5.17 Å². The van der Waals surface area contributed by atoms with Crippen molar-refractivity contribution in [3.63, 3.8) is 0 Å². The first kappa shape index (κ1) is 22.0. The Balaban J connectivity index is 1.68. The highest BCUT2D eigenvalue weighted by atomic mass is 32.2. The van der Waals surface area contributed by atoms with Crippen molar-refractivity contribution in [1.29, 1.82) is 0 Å². The number of carbonyl (C=O) groups is 2. The minimum absolute atomic E-state index is 0.0570. The summed E-state index contributed by atoms with van der Waals surface area (Å²) in [6, 6.07) is 12.0. The number of hydrogen-bond acceptors (Lipinski definition) is 6. The molecule has 0 radical (unpaired) electrons. The van der Waals surface area contributed by atoms with Crippen molar-refractivity contribution in [3.8, 4) is 0 Å². The van der Waals surface area contributed by atoms with Gasteiger partial charge in [0.2, 0.25) is 0 Å². The molecular formula is C23H20F2N2O4S. The molecule has 2 aromatic carbocycles. The Bertz CT molecular complexity index is 1110. The number of thioether (sulfide) groups is 1. The maximum atomic E-state index is 14.9. The van der Waals surface area contributed by atoms with Crippen LogP contribution in [0.2, 0.25) is 0 Å². The maximum Gasteiger partial charge on any atom is 0.307 e. The van der Waals surface area contributed by atoms with Gasteiger partial charge in [-0.1, -0.05) is 36.0 Å². The van der Waals surface area contributed by atoms with E-state index in [9.17, 15) is 18.4 Å². The van der Waals surface area contributed by atoms with Gasteiger partial charge in [0, 0.05) is 42.2 Å². The topological polar surface area (TPSA) is 77.0 Å². The van der Waals surface area contributed by atoms with Gasteiger partial charge in [0.25, 0.3) is 5.91 Å². The van der Waals surface area contributed by atoms with Crippen LogP contribution >= 0.6 is 11.8 Å². The fourth-order valence-electron chi connectivity index (χ4n) is 3.76. The first-order valence-corrected chi connectivity index (χ1v) is 10.9. The van der Waals surface area contributed by atoms with E-state index in [1.54, 1.807) is 30.3 Å². The summed E-state index contributed by atoms with van der Waals surface area (Å²) in [6.07, 6.45) is 1.58. The third-order valence-electron chi connectivity index (χ3n) is 5.33. The van der Waals surface area contributed by atoms with Crippen LogP contribution in [0, 0.1) is 17.6 Å². The molecule has 32 heavy (non-hydrogen) atoms. The Morgan fingerprint density at radius 1 is 1.25 bits per heavy atom. The van der Waals surface area contributed by atoms with Crippen molar-refractivity contribution >= 4 is 28.8 Å². The zero-order chi connectivity index (χ0) is 22.7. The maximum absolute atomic E-state index is 14.9. The molecule has 2 aliphatic rings. The molecule has 4 rings (SSSR count). The number of esters is 1. The minimum Gasteiger partial charge on any atom is -0.492 e. The normalized spacial score (nSPS) is 23.5. The number of carbonyl (C=O) groups excluding carboxylic acids is 2. The van der Waals surface area contributed by atoms with Gasteiger partial charge < -0.3 is 14.8 Å². The zero-order valence-electron chi connectivity index (χ0n) is 17.1. The van der Waals surface area contributed by atoms with E-state index < -0.39 is 23.1 Å². The molecule has 6 nitrogen and oxygen atoms in total. The molecule has 2 atom stereocenters. The first-order valence-electron chi connectivity index (χ1n) is 9.91. The molecule has 166 valence electrons. The lowest BCUT2D eigenvalue weighted by molar-refractivity contribution is -0.135. The van der Waals surface area contributed by atoms with E-state index in [-0.39, 0.29) is 24.0 Å². The van der Waals surface area contributed by atoms with E-state index in [0.717, 1.165) is 6.07 Å². The molecule has 1 fully saturated rings. The van der Waals surface area contributed by atoms with Crippen LogP contribution in [0.25, 0.3) is 0 Å². The average molecular weight is 458 g/mol. The smallest absolute Gasteiger partial charge is 0.307 e. The summed E-state index contributed by atoms with van der Waals surface area (Å²) in [5, 5.41) is 3.11. The number of benzene rings is 2. The Morgan fingerprint density at radius 3 is 2.75 bits per heavy atom. The van der Waals surface area contributed by atoms with E-state index in [1.165, 1.54) is 37.1 Å². The van der Waals surface area contributed by atoms with E-state index in [0.29, 0.717) is 28.7 Å². The van der Waals surface area contributed by atoms with E-state index in [2.05, 4.69) is 5.32 Å². The number of fused-ring (bicyclic) bond motifs is 1. The number of aliphatic imine (C=N–C) groups is 1. The van der Waals surface area contributed by atoms with Crippen LogP contribution < -0.4 is 5.32 Å².